The minimum absolute atomic E-state index is 0.619. The van der Waals surface area contributed by atoms with E-state index in [2.05, 4.69) is 21.6 Å². The molecule has 0 saturated heterocycles. The van der Waals surface area contributed by atoms with E-state index in [-0.39, 0.29) is 0 Å². The van der Waals surface area contributed by atoms with Gasteiger partial charge in [-0.3, -0.25) is 0 Å². The molecule has 0 aliphatic carbocycles. The predicted octanol–water partition coefficient (Wildman–Crippen LogP) is 2.99. The Morgan fingerprint density at radius 2 is 1.95 bits per heavy atom. The van der Waals surface area contributed by atoms with Crippen LogP contribution >= 0.6 is 11.8 Å². The van der Waals surface area contributed by atoms with Crippen LogP contribution in [0.25, 0.3) is 5.69 Å². The van der Waals surface area contributed by atoms with E-state index in [1.807, 2.05) is 55.5 Å². The molecule has 0 aliphatic heterocycles. The van der Waals surface area contributed by atoms with Crippen molar-refractivity contribution in [2.75, 3.05) is 0 Å². The molecule has 0 amide bonds. The lowest BCUT2D eigenvalue weighted by Crippen LogP contribution is -1.98. The molecule has 1 heterocycles. The summed E-state index contributed by atoms with van der Waals surface area (Å²) < 4.78 is 1.66. The van der Waals surface area contributed by atoms with Gasteiger partial charge in [0.15, 0.2) is 0 Å². The van der Waals surface area contributed by atoms with Crippen molar-refractivity contribution in [1.82, 2.24) is 20.2 Å². The Labute approximate surface area is 126 Å². The maximum Gasteiger partial charge on any atom is 0.218 e. The zero-order valence-corrected chi connectivity index (χ0v) is 12.1. The van der Waals surface area contributed by atoms with Gasteiger partial charge in [0.05, 0.1) is 11.3 Å². The van der Waals surface area contributed by atoms with Gasteiger partial charge in [-0.05, 0) is 58.9 Å². The van der Waals surface area contributed by atoms with Crippen molar-refractivity contribution in [3.8, 4) is 11.8 Å². The smallest absolute Gasteiger partial charge is 0.192 e. The van der Waals surface area contributed by atoms with Crippen LogP contribution in [0.4, 0.5) is 0 Å². The van der Waals surface area contributed by atoms with Crippen molar-refractivity contribution >= 4 is 11.8 Å². The molecule has 0 fully saturated rings. The van der Waals surface area contributed by atoms with Gasteiger partial charge in [0.25, 0.3) is 0 Å². The second-order valence-electron chi connectivity index (χ2n) is 4.42. The lowest BCUT2D eigenvalue weighted by molar-refractivity contribution is 0.756. The molecule has 5 nitrogen and oxygen atoms in total. The van der Waals surface area contributed by atoms with E-state index in [0.29, 0.717) is 10.7 Å². The second kappa shape index (κ2) is 5.77. The summed E-state index contributed by atoms with van der Waals surface area (Å²) in [7, 11) is 0. The van der Waals surface area contributed by atoms with E-state index >= 15 is 0 Å². The molecule has 0 atom stereocenters. The van der Waals surface area contributed by atoms with E-state index in [9.17, 15) is 5.26 Å². The summed E-state index contributed by atoms with van der Waals surface area (Å²) in [5, 5.41) is 21.6. The molecular weight excluding hydrogens is 282 g/mol. The van der Waals surface area contributed by atoms with Gasteiger partial charge in [-0.15, -0.1) is 5.10 Å². The van der Waals surface area contributed by atoms with E-state index in [0.717, 1.165) is 16.1 Å². The average molecular weight is 293 g/mol. The quantitative estimate of drug-likeness (QED) is 0.742. The third-order valence-corrected chi connectivity index (χ3v) is 3.90. The monoisotopic (exact) mass is 293 g/mol. The summed E-state index contributed by atoms with van der Waals surface area (Å²) in [6.45, 7) is 1.99. The number of tetrazole rings is 1. The average Bonchev–Trinajstić information content (AvgIpc) is 2.96. The third kappa shape index (κ3) is 2.78. The minimum Gasteiger partial charge on any atom is -0.192 e. The first-order valence-corrected chi connectivity index (χ1v) is 7.12. The molecule has 1 aromatic heterocycles. The standard InChI is InChI=1S/C15H11N5S/c1-11-7-8-12(10-16)14(9-11)21-15-17-18-19-20(15)13-5-3-2-4-6-13/h2-9H,1H3. The highest BCUT2D eigenvalue weighted by Gasteiger charge is 2.12. The number of rotatable bonds is 3. The topological polar surface area (TPSA) is 67.4 Å². The van der Waals surface area contributed by atoms with Gasteiger partial charge in [0.2, 0.25) is 5.16 Å². The fourth-order valence-electron chi connectivity index (χ4n) is 1.88. The van der Waals surface area contributed by atoms with Gasteiger partial charge >= 0.3 is 0 Å². The minimum atomic E-state index is 0.619. The Bertz CT molecular complexity index is 804. The Hall–Kier alpha value is -2.65. The van der Waals surface area contributed by atoms with E-state index in [1.54, 1.807) is 4.68 Å². The number of hydrogen-bond donors (Lipinski definition) is 0. The maximum absolute atomic E-state index is 9.20. The number of nitriles is 1. The van der Waals surface area contributed by atoms with Gasteiger partial charge in [-0.1, -0.05) is 24.3 Å². The highest BCUT2D eigenvalue weighted by Crippen LogP contribution is 2.30. The number of nitrogens with zero attached hydrogens (tertiary/aromatic N) is 5. The molecular formula is C15H11N5S. The normalized spacial score (nSPS) is 10.3. The van der Waals surface area contributed by atoms with Crippen LogP contribution < -0.4 is 0 Å². The molecule has 0 unspecified atom stereocenters. The number of aromatic nitrogens is 4. The molecule has 102 valence electrons. The molecule has 0 aliphatic rings. The predicted molar refractivity (Wildman–Crippen MR) is 79.2 cm³/mol. The van der Waals surface area contributed by atoms with Crippen LogP contribution in [-0.4, -0.2) is 20.2 Å². The fraction of sp³-hybridized carbons (Fsp3) is 0.0667. The van der Waals surface area contributed by atoms with Crippen LogP contribution in [-0.2, 0) is 0 Å². The lowest BCUT2D eigenvalue weighted by Gasteiger charge is -2.06. The SMILES string of the molecule is Cc1ccc(C#N)c(Sc2nnnn2-c2ccccc2)c1. The molecule has 3 rings (SSSR count). The Morgan fingerprint density at radius 3 is 2.71 bits per heavy atom. The van der Waals surface area contributed by atoms with Crippen molar-refractivity contribution in [3.63, 3.8) is 0 Å². The molecule has 0 spiro atoms. The first-order valence-electron chi connectivity index (χ1n) is 6.30. The highest BCUT2D eigenvalue weighted by molar-refractivity contribution is 7.99. The number of para-hydroxylation sites is 1. The first kappa shape index (κ1) is 13.3. The molecule has 21 heavy (non-hydrogen) atoms. The van der Waals surface area contributed by atoms with Gasteiger partial charge in [0.1, 0.15) is 6.07 Å². The van der Waals surface area contributed by atoms with Gasteiger partial charge in [0, 0.05) is 4.90 Å². The number of aryl methyl sites for hydroxylation is 1. The van der Waals surface area contributed by atoms with Crippen LogP contribution in [0, 0.1) is 18.3 Å². The molecule has 0 N–H and O–H groups in total. The van der Waals surface area contributed by atoms with Crippen LogP contribution in [0.3, 0.4) is 0 Å². The van der Waals surface area contributed by atoms with Crippen molar-refractivity contribution in [3.05, 3.63) is 59.7 Å². The molecule has 0 radical (unpaired) electrons. The van der Waals surface area contributed by atoms with Crippen LogP contribution in [0.2, 0.25) is 0 Å². The second-order valence-corrected chi connectivity index (χ2v) is 5.43. The molecule has 3 aromatic rings. The largest absolute Gasteiger partial charge is 0.218 e. The zero-order chi connectivity index (χ0) is 14.7. The summed E-state index contributed by atoms with van der Waals surface area (Å²) >= 11 is 1.39. The van der Waals surface area contributed by atoms with Crippen LogP contribution in [0.15, 0.2) is 58.6 Å². The number of hydrogen-bond acceptors (Lipinski definition) is 5. The summed E-state index contributed by atoms with van der Waals surface area (Å²) in [6, 6.07) is 17.6. The van der Waals surface area contributed by atoms with Crippen molar-refractivity contribution in [2.45, 2.75) is 17.0 Å². The molecule has 6 heteroatoms. The molecule has 0 bridgehead atoms. The third-order valence-electron chi connectivity index (χ3n) is 2.90. The summed E-state index contributed by atoms with van der Waals surface area (Å²) in [5.41, 5.74) is 2.60. The van der Waals surface area contributed by atoms with Gasteiger partial charge in [-0.2, -0.15) is 9.94 Å². The zero-order valence-electron chi connectivity index (χ0n) is 11.3. The van der Waals surface area contributed by atoms with Gasteiger partial charge < -0.3 is 0 Å². The van der Waals surface area contributed by atoms with E-state index in [1.165, 1.54) is 11.8 Å². The van der Waals surface area contributed by atoms with E-state index < -0.39 is 0 Å². The van der Waals surface area contributed by atoms with Crippen molar-refractivity contribution in [2.24, 2.45) is 0 Å². The van der Waals surface area contributed by atoms with Crippen LogP contribution in [0.1, 0.15) is 11.1 Å². The van der Waals surface area contributed by atoms with Crippen molar-refractivity contribution < 1.29 is 0 Å². The van der Waals surface area contributed by atoms with Gasteiger partial charge in [-0.25, -0.2) is 0 Å². The van der Waals surface area contributed by atoms with Crippen molar-refractivity contribution in [1.29, 1.82) is 5.26 Å². The fourth-order valence-corrected chi connectivity index (χ4v) is 2.85. The molecule has 2 aromatic carbocycles. The summed E-state index contributed by atoms with van der Waals surface area (Å²) in [4.78, 5) is 0.851. The number of benzene rings is 2. The lowest BCUT2D eigenvalue weighted by atomic mass is 10.2. The summed E-state index contributed by atoms with van der Waals surface area (Å²) in [5.74, 6) is 0. The summed E-state index contributed by atoms with van der Waals surface area (Å²) in [6.07, 6.45) is 0. The van der Waals surface area contributed by atoms with Crippen LogP contribution in [0.5, 0.6) is 0 Å². The molecule has 0 saturated carbocycles. The highest BCUT2D eigenvalue weighted by atomic mass is 32.2. The Kier molecular flexibility index (Phi) is 3.67. The Morgan fingerprint density at radius 1 is 1.14 bits per heavy atom. The maximum atomic E-state index is 9.20. The van der Waals surface area contributed by atoms with E-state index in [4.69, 9.17) is 0 Å². The first-order chi connectivity index (χ1) is 10.3. The Balaban J connectivity index is 2.00.